The molecule has 0 aromatic rings. The minimum Gasteiger partial charge on any atom is -0.481 e. The lowest BCUT2D eigenvalue weighted by Crippen LogP contribution is -2.19. The number of hydrogen-bond donors (Lipinski definition) is 3. The highest BCUT2D eigenvalue weighted by molar-refractivity contribution is 5.66. The van der Waals surface area contributed by atoms with Crippen molar-refractivity contribution in [2.45, 2.75) is 64.6 Å². The molecule has 0 aromatic heterocycles. The summed E-state index contributed by atoms with van der Waals surface area (Å²) in [5.41, 5.74) is 1.23. The van der Waals surface area contributed by atoms with Crippen LogP contribution in [-0.2, 0) is 4.79 Å². The van der Waals surface area contributed by atoms with E-state index >= 15 is 0 Å². The fourth-order valence-corrected chi connectivity index (χ4v) is 4.02. The highest BCUT2D eigenvalue weighted by Gasteiger charge is 2.43. The number of carboxylic acid groups (broad SMARTS) is 1. The lowest BCUT2D eigenvalue weighted by molar-refractivity contribution is -0.136. The molecule has 27 heavy (non-hydrogen) atoms. The molecule has 0 unspecified atom stereocenters. The van der Waals surface area contributed by atoms with Gasteiger partial charge in [-0.2, -0.15) is 0 Å². The van der Waals surface area contributed by atoms with E-state index in [4.69, 9.17) is 5.11 Å². The molecule has 148 valence electrons. The predicted molar refractivity (Wildman–Crippen MR) is 107 cm³/mol. The summed E-state index contributed by atoms with van der Waals surface area (Å²) in [4.78, 5) is 10.6. The molecule has 1 saturated carbocycles. The summed E-state index contributed by atoms with van der Waals surface area (Å²) in [7, 11) is 0. The highest BCUT2D eigenvalue weighted by atomic mass is 16.4. The van der Waals surface area contributed by atoms with Crippen molar-refractivity contribution in [1.82, 2.24) is 0 Å². The van der Waals surface area contributed by atoms with Crippen LogP contribution >= 0.6 is 0 Å². The van der Waals surface area contributed by atoms with E-state index in [9.17, 15) is 15.0 Å². The van der Waals surface area contributed by atoms with Gasteiger partial charge >= 0.3 is 5.97 Å². The zero-order valence-corrected chi connectivity index (χ0v) is 16.3. The fraction of sp³-hybridized carbons (Fsp3) is 0.609. The molecule has 0 aliphatic heterocycles. The summed E-state index contributed by atoms with van der Waals surface area (Å²) in [5.74, 6) is 6.18. The molecule has 6 atom stereocenters. The Labute approximate surface area is 162 Å². The number of carboxylic acids is 1. The Morgan fingerprint density at radius 1 is 1.41 bits per heavy atom. The molecule has 0 aromatic carbocycles. The number of aliphatic hydroxyl groups is 2. The van der Waals surface area contributed by atoms with Gasteiger partial charge in [-0.1, -0.05) is 49.8 Å². The molecule has 2 rings (SSSR count). The maximum Gasteiger partial charge on any atom is 0.303 e. The van der Waals surface area contributed by atoms with Crippen molar-refractivity contribution in [3.8, 4) is 11.8 Å². The maximum absolute atomic E-state index is 10.6. The molecular formula is C23H32O4. The first kappa shape index (κ1) is 21.5. The van der Waals surface area contributed by atoms with Crippen LogP contribution < -0.4 is 0 Å². The molecular weight excluding hydrogens is 340 g/mol. The third-order valence-corrected chi connectivity index (χ3v) is 5.60. The highest BCUT2D eigenvalue weighted by Crippen LogP contribution is 2.47. The molecule has 0 bridgehead atoms. The van der Waals surface area contributed by atoms with E-state index in [1.165, 1.54) is 5.57 Å². The minimum absolute atomic E-state index is 0.0553. The molecule has 4 heteroatoms. The van der Waals surface area contributed by atoms with Gasteiger partial charge in [0.15, 0.2) is 0 Å². The summed E-state index contributed by atoms with van der Waals surface area (Å²) in [5, 5.41) is 29.4. The van der Waals surface area contributed by atoms with Crippen molar-refractivity contribution < 1.29 is 20.1 Å². The lowest BCUT2D eigenvalue weighted by Gasteiger charge is -2.19. The van der Waals surface area contributed by atoms with Crippen molar-refractivity contribution in [1.29, 1.82) is 0 Å². The van der Waals surface area contributed by atoms with Crippen LogP contribution in [0, 0.1) is 35.5 Å². The van der Waals surface area contributed by atoms with Gasteiger partial charge in [0.2, 0.25) is 0 Å². The summed E-state index contributed by atoms with van der Waals surface area (Å²) >= 11 is 0. The summed E-state index contributed by atoms with van der Waals surface area (Å²) in [6, 6.07) is 0. The molecule has 0 heterocycles. The monoisotopic (exact) mass is 372 g/mol. The van der Waals surface area contributed by atoms with E-state index < -0.39 is 12.1 Å². The van der Waals surface area contributed by atoms with E-state index in [2.05, 4.69) is 17.9 Å². The topological polar surface area (TPSA) is 77.8 Å². The molecule has 0 saturated heterocycles. The minimum atomic E-state index is -0.779. The Bertz CT molecular complexity index is 649. The van der Waals surface area contributed by atoms with Gasteiger partial charge in [-0.25, -0.2) is 0 Å². The fourth-order valence-electron chi connectivity index (χ4n) is 4.02. The Morgan fingerprint density at radius 3 is 2.89 bits per heavy atom. The standard InChI is InChI=1S/C23H32O4/c1-3-4-5-8-16(2)21(24)12-11-19-20-14-17(9-6-7-10-23(26)27)13-18(20)15-22(19)25/h6,9,11-13,16,18-22,24-25H,3,7-8,10,14-15H2,1-2H3,(H,26,27)/b9-6-,12-11+/t16-,18-,19+,20-,21+,22+/m0/s1. The third-order valence-electron chi connectivity index (χ3n) is 5.60. The number of aliphatic hydroxyl groups excluding tert-OH is 2. The molecule has 2 aliphatic carbocycles. The molecule has 0 amide bonds. The van der Waals surface area contributed by atoms with Gasteiger partial charge in [0, 0.05) is 25.2 Å². The average molecular weight is 373 g/mol. The number of fused-ring (bicyclic) bond motifs is 1. The van der Waals surface area contributed by atoms with E-state index in [1.807, 2.05) is 38.2 Å². The van der Waals surface area contributed by atoms with Gasteiger partial charge in [0.25, 0.3) is 0 Å². The second-order valence-corrected chi connectivity index (χ2v) is 7.75. The predicted octanol–water partition coefficient (Wildman–Crippen LogP) is 3.71. The van der Waals surface area contributed by atoms with Gasteiger partial charge in [0.1, 0.15) is 0 Å². The van der Waals surface area contributed by atoms with E-state index in [-0.39, 0.29) is 24.4 Å². The normalized spacial score (nSPS) is 29.4. The lowest BCUT2D eigenvalue weighted by atomic mass is 9.88. The van der Waals surface area contributed by atoms with Crippen LogP contribution in [0.15, 0.2) is 36.0 Å². The van der Waals surface area contributed by atoms with Gasteiger partial charge in [0.05, 0.1) is 12.2 Å². The van der Waals surface area contributed by atoms with Crippen LogP contribution in [0.3, 0.4) is 0 Å². The SMILES string of the molecule is CCC#CC[C@H](C)[C@H](O)/C=C/[C@@H]1[C@H]2CC(/C=C\CCC(=O)O)=C[C@H]2C[C@H]1O. The van der Waals surface area contributed by atoms with Crippen LogP contribution in [0.4, 0.5) is 0 Å². The van der Waals surface area contributed by atoms with Crippen LogP contribution in [0.25, 0.3) is 0 Å². The zero-order chi connectivity index (χ0) is 19.8. The largest absolute Gasteiger partial charge is 0.481 e. The van der Waals surface area contributed by atoms with Crippen molar-refractivity contribution in [3.05, 3.63) is 36.0 Å². The number of hydrogen-bond acceptors (Lipinski definition) is 3. The van der Waals surface area contributed by atoms with Crippen molar-refractivity contribution in [3.63, 3.8) is 0 Å². The Kier molecular flexibility index (Phi) is 8.34. The Balaban J connectivity index is 1.89. The van der Waals surface area contributed by atoms with E-state index in [0.717, 1.165) is 19.3 Å². The molecule has 0 radical (unpaired) electrons. The number of carbonyl (C=O) groups is 1. The molecule has 2 aliphatic rings. The van der Waals surface area contributed by atoms with Crippen LogP contribution in [0.2, 0.25) is 0 Å². The van der Waals surface area contributed by atoms with Crippen LogP contribution in [0.5, 0.6) is 0 Å². The first-order valence-electron chi connectivity index (χ1n) is 10.0. The third kappa shape index (κ3) is 6.37. The summed E-state index contributed by atoms with van der Waals surface area (Å²) in [6.45, 7) is 4.00. The van der Waals surface area contributed by atoms with Crippen molar-refractivity contribution in [2.24, 2.45) is 23.7 Å². The average Bonchev–Trinajstić information content (AvgIpc) is 3.13. The second-order valence-electron chi connectivity index (χ2n) is 7.75. The van der Waals surface area contributed by atoms with Crippen molar-refractivity contribution in [2.75, 3.05) is 0 Å². The van der Waals surface area contributed by atoms with E-state index in [1.54, 1.807) is 0 Å². The zero-order valence-electron chi connectivity index (χ0n) is 16.3. The summed E-state index contributed by atoms with van der Waals surface area (Å²) < 4.78 is 0. The number of allylic oxidation sites excluding steroid dienone is 4. The number of aliphatic carboxylic acids is 1. The van der Waals surface area contributed by atoms with Crippen molar-refractivity contribution >= 4 is 5.97 Å². The van der Waals surface area contributed by atoms with Crippen LogP contribution in [0.1, 0.15) is 52.4 Å². The number of rotatable bonds is 8. The quantitative estimate of drug-likeness (QED) is 0.448. The first-order chi connectivity index (χ1) is 12.9. The van der Waals surface area contributed by atoms with Gasteiger partial charge in [-0.05, 0) is 37.0 Å². The smallest absolute Gasteiger partial charge is 0.303 e. The van der Waals surface area contributed by atoms with Gasteiger partial charge < -0.3 is 15.3 Å². The Morgan fingerprint density at radius 2 is 2.19 bits per heavy atom. The molecule has 4 nitrogen and oxygen atoms in total. The molecule has 0 spiro atoms. The van der Waals surface area contributed by atoms with Gasteiger partial charge in [-0.3, -0.25) is 4.79 Å². The van der Waals surface area contributed by atoms with E-state index in [0.29, 0.717) is 24.7 Å². The maximum atomic E-state index is 10.6. The molecule has 1 fully saturated rings. The molecule has 3 N–H and O–H groups in total. The Hall–Kier alpha value is -1.83. The van der Waals surface area contributed by atoms with Gasteiger partial charge in [-0.15, -0.1) is 11.8 Å². The second kappa shape index (κ2) is 10.5. The van der Waals surface area contributed by atoms with Crippen LogP contribution in [-0.4, -0.2) is 33.5 Å². The first-order valence-corrected chi connectivity index (χ1v) is 10.0. The summed E-state index contributed by atoms with van der Waals surface area (Å²) in [6.07, 6.45) is 12.9.